The lowest BCUT2D eigenvalue weighted by molar-refractivity contribution is 0.176. The minimum absolute atomic E-state index is 0.170. The summed E-state index contributed by atoms with van der Waals surface area (Å²) < 4.78 is 0. The van der Waals surface area contributed by atoms with Gasteiger partial charge in [0.05, 0.1) is 6.04 Å². The molecule has 3 N–H and O–H groups in total. The van der Waals surface area contributed by atoms with Crippen LogP contribution in [0.2, 0.25) is 0 Å². The first-order valence-corrected chi connectivity index (χ1v) is 5.80. The third-order valence-electron chi connectivity index (χ3n) is 3.30. The van der Waals surface area contributed by atoms with Crippen LogP contribution in [-0.4, -0.2) is 29.4 Å². The number of rotatable bonds is 5. The van der Waals surface area contributed by atoms with Crippen LogP contribution in [0, 0.1) is 5.41 Å². The van der Waals surface area contributed by atoms with Crippen molar-refractivity contribution in [2.45, 2.75) is 58.0 Å². The summed E-state index contributed by atoms with van der Waals surface area (Å²) >= 11 is 0. The zero-order valence-electron chi connectivity index (χ0n) is 9.42. The zero-order chi connectivity index (χ0) is 10.6. The van der Waals surface area contributed by atoms with E-state index in [2.05, 4.69) is 18.7 Å². The van der Waals surface area contributed by atoms with Crippen molar-refractivity contribution in [2.24, 2.45) is 5.73 Å². The van der Waals surface area contributed by atoms with E-state index in [1.54, 1.807) is 0 Å². The van der Waals surface area contributed by atoms with Gasteiger partial charge in [-0.3, -0.25) is 10.3 Å². The Labute approximate surface area is 87.2 Å². The highest BCUT2D eigenvalue weighted by atomic mass is 15.2. The van der Waals surface area contributed by atoms with Crippen molar-refractivity contribution in [3.05, 3.63) is 0 Å². The summed E-state index contributed by atoms with van der Waals surface area (Å²) in [4.78, 5) is 2.41. The standard InChI is InChI=1S/C11H23N3/c1-3-10(11(12)13)14(4-2)9-7-5-6-8-9/h9-10H,3-8H2,1-2H3,(H3,12,13). The van der Waals surface area contributed by atoms with Crippen LogP contribution in [0.25, 0.3) is 0 Å². The van der Waals surface area contributed by atoms with Crippen LogP contribution >= 0.6 is 0 Å². The van der Waals surface area contributed by atoms with E-state index in [0.29, 0.717) is 11.9 Å². The van der Waals surface area contributed by atoms with Gasteiger partial charge in [0.25, 0.3) is 0 Å². The molecule has 0 amide bonds. The minimum atomic E-state index is 0.170. The average molecular weight is 197 g/mol. The fraction of sp³-hybridized carbons (Fsp3) is 0.909. The first-order chi connectivity index (χ1) is 6.70. The van der Waals surface area contributed by atoms with Gasteiger partial charge < -0.3 is 5.73 Å². The number of nitrogens with zero attached hydrogens (tertiary/aromatic N) is 1. The quantitative estimate of drug-likeness (QED) is 0.523. The minimum Gasteiger partial charge on any atom is -0.386 e. The highest BCUT2D eigenvalue weighted by Gasteiger charge is 2.27. The van der Waals surface area contributed by atoms with Crippen molar-refractivity contribution in [3.8, 4) is 0 Å². The number of hydrogen-bond donors (Lipinski definition) is 2. The molecule has 0 aromatic carbocycles. The van der Waals surface area contributed by atoms with Gasteiger partial charge in [-0.15, -0.1) is 0 Å². The summed E-state index contributed by atoms with van der Waals surface area (Å²) in [5.41, 5.74) is 5.63. The number of nitrogens with one attached hydrogen (secondary N) is 1. The molecule has 0 radical (unpaired) electrons. The zero-order valence-corrected chi connectivity index (χ0v) is 9.42. The van der Waals surface area contributed by atoms with Crippen molar-refractivity contribution in [3.63, 3.8) is 0 Å². The Hall–Kier alpha value is -0.570. The summed E-state index contributed by atoms with van der Waals surface area (Å²) in [5.74, 6) is 0.334. The van der Waals surface area contributed by atoms with E-state index >= 15 is 0 Å². The van der Waals surface area contributed by atoms with Gasteiger partial charge in [0.2, 0.25) is 0 Å². The Bertz CT molecular complexity index is 185. The topological polar surface area (TPSA) is 53.1 Å². The fourth-order valence-electron chi connectivity index (χ4n) is 2.60. The van der Waals surface area contributed by atoms with Crippen LogP contribution in [-0.2, 0) is 0 Å². The van der Waals surface area contributed by atoms with Crippen molar-refractivity contribution in [2.75, 3.05) is 6.54 Å². The van der Waals surface area contributed by atoms with Gasteiger partial charge in [-0.05, 0) is 25.8 Å². The average Bonchev–Trinajstić information content (AvgIpc) is 2.65. The van der Waals surface area contributed by atoms with Crippen LogP contribution in [0.4, 0.5) is 0 Å². The Balaban J connectivity index is 2.62. The molecule has 0 saturated heterocycles. The highest BCUT2D eigenvalue weighted by Crippen LogP contribution is 2.25. The van der Waals surface area contributed by atoms with Crippen LogP contribution in [0.5, 0.6) is 0 Å². The van der Waals surface area contributed by atoms with Gasteiger partial charge >= 0.3 is 0 Å². The van der Waals surface area contributed by atoms with Gasteiger partial charge in [-0.2, -0.15) is 0 Å². The molecule has 1 saturated carbocycles. The van der Waals surface area contributed by atoms with E-state index in [1.165, 1.54) is 25.7 Å². The second-order valence-electron chi connectivity index (χ2n) is 4.15. The number of amidine groups is 1. The number of nitrogens with two attached hydrogens (primary N) is 1. The van der Waals surface area contributed by atoms with Crippen molar-refractivity contribution < 1.29 is 0 Å². The molecule has 1 atom stereocenters. The molecular weight excluding hydrogens is 174 g/mol. The van der Waals surface area contributed by atoms with E-state index in [0.717, 1.165) is 13.0 Å². The largest absolute Gasteiger partial charge is 0.386 e. The van der Waals surface area contributed by atoms with Gasteiger partial charge in [0.15, 0.2) is 0 Å². The fourth-order valence-corrected chi connectivity index (χ4v) is 2.60. The molecule has 1 fully saturated rings. The third-order valence-corrected chi connectivity index (χ3v) is 3.30. The van der Waals surface area contributed by atoms with Crippen LogP contribution < -0.4 is 5.73 Å². The molecule has 0 aromatic heterocycles. The first-order valence-electron chi connectivity index (χ1n) is 5.80. The number of likely N-dealkylation sites (N-methyl/N-ethyl adjacent to an activating group) is 1. The van der Waals surface area contributed by atoms with Crippen LogP contribution in [0.3, 0.4) is 0 Å². The molecule has 0 aliphatic heterocycles. The summed E-state index contributed by atoms with van der Waals surface area (Å²) in [6, 6.07) is 0.844. The summed E-state index contributed by atoms with van der Waals surface area (Å²) in [6.45, 7) is 5.30. The Morgan fingerprint density at radius 2 is 2.00 bits per heavy atom. The molecular formula is C11H23N3. The van der Waals surface area contributed by atoms with Crippen molar-refractivity contribution in [1.29, 1.82) is 5.41 Å². The molecule has 0 aromatic rings. The van der Waals surface area contributed by atoms with E-state index in [1.807, 2.05) is 0 Å². The molecule has 3 heteroatoms. The predicted molar refractivity (Wildman–Crippen MR) is 60.6 cm³/mol. The maximum Gasteiger partial charge on any atom is 0.108 e. The number of hydrogen-bond acceptors (Lipinski definition) is 2. The second-order valence-corrected chi connectivity index (χ2v) is 4.15. The SMILES string of the molecule is CCC(C(=N)N)N(CC)C1CCCC1. The van der Waals surface area contributed by atoms with E-state index in [-0.39, 0.29) is 6.04 Å². The van der Waals surface area contributed by atoms with E-state index in [9.17, 15) is 0 Å². The molecule has 3 nitrogen and oxygen atoms in total. The molecule has 1 unspecified atom stereocenters. The van der Waals surface area contributed by atoms with E-state index < -0.39 is 0 Å². The van der Waals surface area contributed by atoms with Gasteiger partial charge in [-0.25, -0.2) is 0 Å². The molecule has 0 spiro atoms. The monoisotopic (exact) mass is 197 g/mol. The molecule has 1 aliphatic carbocycles. The van der Waals surface area contributed by atoms with Gasteiger partial charge in [-0.1, -0.05) is 26.7 Å². The maximum atomic E-state index is 7.59. The Morgan fingerprint density at radius 3 is 2.36 bits per heavy atom. The first kappa shape index (κ1) is 11.5. The lowest BCUT2D eigenvalue weighted by atomic mass is 10.1. The summed E-state index contributed by atoms with van der Waals surface area (Å²) in [7, 11) is 0. The van der Waals surface area contributed by atoms with Crippen molar-refractivity contribution in [1.82, 2.24) is 4.90 Å². The molecule has 14 heavy (non-hydrogen) atoms. The molecule has 0 heterocycles. The Morgan fingerprint density at radius 1 is 1.43 bits per heavy atom. The molecule has 1 rings (SSSR count). The molecule has 1 aliphatic rings. The normalized spacial score (nSPS) is 20.2. The van der Waals surface area contributed by atoms with Crippen molar-refractivity contribution >= 4 is 5.84 Å². The highest BCUT2D eigenvalue weighted by molar-refractivity contribution is 5.82. The smallest absolute Gasteiger partial charge is 0.108 e. The summed E-state index contributed by atoms with van der Waals surface area (Å²) in [5, 5.41) is 7.59. The lowest BCUT2D eigenvalue weighted by Gasteiger charge is -2.34. The van der Waals surface area contributed by atoms with Gasteiger partial charge in [0, 0.05) is 6.04 Å². The Kier molecular flexibility index (Phi) is 4.39. The van der Waals surface area contributed by atoms with Gasteiger partial charge in [0.1, 0.15) is 5.84 Å². The van der Waals surface area contributed by atoms with Crippen LogP contribution in [0.1, 0.15) is 46.0 Å². The molecule has 0 bridgehead atoms. The lowest BCUT2D eigenvalue weighted by Crippen LogP contribution is -2.48. The maximum absolute atomic E-state index is 7.59. The van der Waals surface area contributed by atoms with E-state index in [4.69, 9.17) is 11.1 Å². The predicted octanol–water partition coefficient (Wildman–Crippen LogP) is 1.97. The molecule has 82 valence electrons. The second kappa shape index (κ2) is 5.35. The third kappa shape index (κ3) is 2.47. The van der Waals surface area contributed by atoms with Crippen LogP contribution in [0.15, 0.2) is 0 Å². The summed E-state index contributed by atoms with van der Waals surface area (Å²) in [6.07, 6.45) is 6.22.